The van der Waals surface area contributed by atoms with Crippen molar-refractivity contribution in [2.75, 3.05) is 5.32 Å². The number of aromatic nitrogens is 1. The largest absolute Gasteiger partial charge is 0.389 e. The number of carbonyl (C=O) groups excluding carboxylic acids is 1. The lowest BCUT2D eigenvalue weighted by Gasteiger charge is -2.10. The summed E-state index contributed by atoms with van der Waals surface area (Å²) in [5.41, 5.74) is 7.27. The minimum absolute atomic E-state index is 0.217. The van der Waals surface area contributed by atoms with Gasteiger partial charge in [-0.05, 0) is 40.2 Å². The van der Waals surface area contributed by atoms with Crippen LogP contribution >= 0.6 is 44.1 Å². The quantitative estimate of drug-likeness (QED) is 0.754. The number of nitrogens with one attached hydrogen (secondary N) is 1. The minimum Gasteiger partial charge on any atom is -0.389 e. The van der Waals surface area contributed by atoms with E-state index < -0.39 is 0 Å². The summed E-state index contributed by atoms with van der Waals surface area (Å²) in [5, 5.41) is 2.77. The highest BCUT2D eigenvalue weighted by molar-refractivity contribution is 9.10. The van der Waals surface area contributed by atoms with Gasteiger partial charge in [-0.25, -0.2) is 0 Å². The fourth-order valence-electron chi connectivity index (χ4n) is 1.56. The number of thiocarbonyl (C=S) groups is 1. The Bertz CT molecular complexity index is 691. The second-order valence-corrected chi connectivity index (χ2v) is 6.17. The Labute approximate surface area is 138 Å². The maximum atomic E-state index is 12.2. The molecule has 0 aliphatic heterocycles. The molecular weight excluding hydrogens is 406 g/mol. The van der Waals surface area contributed by atoms with Crippen LogP contribution in [-0.4, -0.2) is 15.9 Å². The first-order valence-electron chi connectivity index (χ1n) is 5.48. The molecule has 1 aromatic heterocycles. The molecule has 3 N–H and O–H groups in total. The summed E-state index contributed by atoms with van der Waals surface area (Å²) in [4.78, 5) is 16.3. The van der Waals surface area contributed by atoms with Crippen LogP contribution in [0.1, 0.15) is 15.9 Å². The predicted molar refractivity (Wildman–Crippen MR) is 89.9 cm³/mol. The van der Waals surface area contributed by atoms with E-state index in [0.29, 0.717) is 16.8 Å². The first kappa shape index (κ1) is 15.1. The lowest BCUT2D eigenvalue weighted by atomic mass is 10.1. The number of benzene rings is 1. The molecule has 0 saturated heterocycles. The number of amides is 1. The minimum atomic E-state index is -0.279. The van der Waals surface area contributed by atoms with Crippen LogP contribution < -0.4 is 11.1 Å². The molecule has 4 nitrogen and oxygen atoms in total. The molecule has 0 saturated carbocycles. The van der Waals surface area contributed by atoms with Crippen LogP contribution in [0, 0.1) is 0 Å². The lowest BCUT2D eigenvalue weighted by molar-refractivity contribution is 0.102. The monoisotopic (exact) mass is 413 g/mol. The third-order valence-electron chi connectivity index (χ3n) is 2.46. The number of hydrogen-bond donors (Lipinski definition) is 2. The van der Waals surface area contributed by atoms with Crippen LogP contribution in [0.25, 0.3) is 0 Å². The van der Waals surface area contributed by atoms with E-state index in [1.807, 2.05) is 0 Å². The van der Waals surface area contributed by atoms with Crippen molar-refractivity contribution in [1.82, 2.24) is 4.98 Å². The smallest absolute Gasteiger partial charge is 0.257 e. The van der Waals surface area contributed by atoms with Crippen molar-refractivity contribution in [3.05, 3.63) is 56.7 Å². The number of pyridine rings is 1. The van der Waals surface area contributed by atoms with Crippen LogP contribution in [0.3, 0.4) is 0 Å². The summed E-state index contributed by atoms with van der Waals surface area (Å²) in [6, 6.07) is 6.98. The summed E-state index contributed by atoms with van der Waals surface area (Å²) in [7, 11) is 0. The molecule has 1 amide bonds. The first-order chi connectivity index (χ1) is 9.47. The van der Waals surface area contributed by atoms with Crippen molar-refractivity contribution >= 4 is 60.7 Å². The number of rotatable bonds is 3. The fraction of sp³-hybridized carbons (Fsp3) is 0. The molecule has 0 aliphatic carbocycles. The van der Waals surface area contributed by atoms with Crippen LogP contribution in [0.2, 0.25) is 0 Å². The molecule has 7 heteroatoms. The summed E-state index contributed by atoms with van der Waals surface area (Å²) >= 11 is 11.6. The second-order valence-electron chi connectivity index (χ2n) is 3.90. The Morgan fingerprint density at radius 3 is 2.60 bits per heavy atom. The highest BCUT2D eigenvalue weighted by atomic mass is 79.9. The van der Waals surface area contributed by atoms with Gasteiger partial charge in [0.1, 0.15) is 4.99 Å². The summed E-state index contributed by atoms with van der Waals surface area (Å²) in [6.07, 6.45) is 3.09. The maximum Gasteiger partial charge on any atom is 0.257 e. The van der Waals surface area contributed by atoms with E-state index in [1.54, 1.807) is 30.5 Å². The highest BCUT2D eigenvalue weighted by Crippen LogP contribution is 2.22. The topological polar surface area (TPSA) is 68.0 Å². The fourth-order valence-corrected chi connectivity index (χ4v) is 2.45. The number of nitrogens with zero attached hydrogens (tertiary/aromatic N) is 1. The van der Waals surface area contributed by atoms with Crippen LogP contribution in [0.4, 0.5) is 5.69 Å². The Morgan fingerprint density at radius 2 is 1.95 bits per heavy atom. The average Bonchev–Trinajstić information content (AvgIpc) is 2.40. The van der Waals surface area contributed by atoms with Gasteiger partial charge in [-0.3, -0.25) is 9.78 Å². The Morgan fingerprint density at radius 1 is 1.20 bits per heavy atom. The third-order valence-corrected chi connectivity index (χ3v) is 3.61. The molecule has 0 fully saturated rings. The van der Waals surface area contributed by atoms with Crippen molar-refractivity contribution in [3.8, 4) is 0 Å². The standard InChI is InChI=1S/C13H9Br2N3OS/c14-8-1-2-11(10(4-8)12(16)20)18-13(19)7-3-9(15)6-17-5-7/h1-6H,(H2,16,20)(H,18,19). The highest BCUT2D eigenvalue weighted by Gasteiger charge is 2.11. The summed E-state index contributed by atoms with van der Waals surface area (Å²) in [6.45, 7) is 0. The molecule has 2 aromatic rings. The first-order valence-corrected chi connectivity index (χ1v) is 7.48. The second kappa shape index (κ2) is 6.43. The molecule has 1 aromatic carbocycles. The Kier molecular flexibility index (Phi) is 4.85. The van der Waals surface area contributed by atoms with Crippen molar-refractivity contribution < 1.29 is 4.79 Å². The van der Waals surface area contributed by atoms with Crippen molar-refractivity contribution in [1.29, 1.82) is 0 Å². The summed E-state index contributed by atoms with van der Waals surface area (Å²) < 4.78 is 1.57. The van der Waals surface area contributed by atoms with E-state index in [9.17, 15) is 4.79 Å². The molecule has 0 radical (unpaired) electrons. The molecule has 0 aliphatic rings. The van der Waals surface area contributed by atoms with E-state index in [4.69, 9.17) is 18.0 Å². The van der Waals surface area contributed by atoms with Crippen LogP contribution in [-0.2, 0) is 0 Å². The van der Waals surface area contributed by atoms with E-state index >= 15 is 0 Å². The maximum absolute atomic E-state index is 12.2. The van der Waals surface area contributed by atoms with Gasteiger partial charge < -0.3 is 11.1 Å². The van der Waals surface area contributed by atoms with Crippen LogP contribution in [0.15, 0.2) is 45.6 Å². The molecule has 20 heavy (non-hydrogen) atoms. The molecule has 0 unspecified atom stereocenters. The molecule has 0 bridgehead atoms. The van der Waals surface area contributed by atoms with Gasteiger partial charge in [0, 0.05) is 26.9 Å². The number of nitrogens with two attached hydrogens (primary N) is 1. The van der Waals surface area contributed by atoms with Gasteiger partial charge in [-0.2, -0.15) is 0 Å². The van der Waals surface area contributed by atoms with Gasteiger partial charge in [0.05, 0.1) is 11.3 Å². The summed E-state index contributed by atoms with van der Waals surface area (Å²) in [5.74, 6) is -0.279. The zero-order valence-electron chi connectivity index (χ0n) is 10.1. The van der Waals surface area contributed by atoms with E-state index in [1.165, 1.54) is 6.20 Å². The van der Waals surface area contributed by atoms with Crippen molar-refractivity contribution in [2.45, 2.75) is 0 Å². The number of carbonyl (C=O) groups is 1. The normalized spacial score (nSPS) is 10.1. The molecule has 102 valence electrons. The lowest BCUT2D eigenvalue weighted by Crippen LogP contribution is -2.17. The number of hydrogen-bond acceptors (Lipinski definition) is 3. The van der Waals surface area contributed by atoms with E-state index in [2.05, 4.69) is 42.2 Å². The SMILES string of the molecule is NC(=S)c1cc(Br)ccc1NC(=O)c1cncc(Br)c1. The predicted octanol–water partition coefficient (Wildman–Crippen LogP) is 3.49. The number of halogens is 2. The zero-order chi connectivity index (χ0) is 14.7. The van der Waals surface area contributed by atoms with Crippen LogP contribution in [0.5, 0.6) is 0 Å². The van der Waals surface area contributed by atoms with E-state index in [-0.39, 0.29) is 10.9 Å². The zero-order valence-corrected chi connectivity index (χ0v) is 14.0. The molecule has 0 spiro atoms. The molecule has 1 heterocycles. The Hall–Kier alpha value is -1.31. The van der Waals surface area contributed by atoms with Gasteiger partial charge in [-0.15, -0.1) is 0 Å². The van der Waals surface area contributed by atoms with Gasteiger partial charge >= 0.3 is 0 Å². The van der Waals surface area contributed by atoms with Gasteiger partial charge in [-0.1, -0.05) is 28.1 Å². The van der Waals surface area contributed by atoms with Crippen molar-refractivity contribution in [2.24, 2.45) is 5.73 Å². The third kappa shape index (κ3) is 3.62. The van der Waals surface area contributed by atoms with Gasteiger partial charge in [0.15, 0.2) is 0 Å². The molecular formula is C13H9Br2N3OS. The Balaban J connectivity index is 2.30. The molecule has 2 rings (SSSR count). The van der Waals surface area contributed by atoms with Gasteiger partial charge in [0.2, 0.25) is 0 Å². The molecule has 0 atom stereocenters. The number of anilines is 1. The van der Waals surface area contributed by atoms with E-state index in [0.717, 1.165) is 8.95 Å². The van der Waals surface area contributed by atoms with Gasteiger partial charge in [0.25, 0.3) is 5.91 Å². The average molecular weight is 415 g/mol. The van der Waals surface area contributed by atoms with Crippen molar-refractivity contribution in [3.63, 3.8) is 0 Å².